The fourth-order valence-electron chi connectivity index (χ4n) is 8.39. The molecule has 0 unspecified atom stereocenters. The van der Waals surface area contributed by atoms with Crippen molar-refractivity contribution in [2.75, 3.05) is 0 Å². The Balaban J connectivity index is 1.01. The van der Waals surface area contributed by atoms with Crippen LogP contribution in [0.3, 0.4) is 0 Å². The van der Waals surface area contributed by atoms with Gasteiger partial charge in [0, 0.05) is 56.9 Å². The lowest BCUT2D eigenvalue weighted by Crippen LogP contribution is -1.94. The molecule has 3 nitrogen and oxygen atoms in total. The third-order valence-corrected chi connectivity index (χ3v) is 13.5. The van der Waals surface area contributed by atoms with Crippen LogP contribution in [0.4, 0.5) is 0 Å². The summed E-state index contributed by atoms with van der Waals surface area (Å²) in [6.45, 7) is 0. The van der Waals surface area contributed by atoms with Gasteiger partial charge in [-0.1, -0.05) is 146 Å². The SMILES string of the molecule is c1ccc(-c2nc(-c3cccc(-c4cccc5c4sc4ccccc45)c3)nc3c2oc2ccc(-c4cccc(-c5cccc6c5sc5ccccc56)c4)cc23)cc1. The summed E-state index contributed by atoms with van der Waals surface area (Å²) in [4.78, 5) is 10.5. The molecule has 0 aliphatic carbocycles. The molecule has 0 saturated heterocycles. The standard InChI is InChI=1S/C52H30N2OS2/c1-2-12-31(13-3-1)47-49-48(54-52(53-47)36-17-9-16-35(29-36)38-21-11-23-42-40-19-5-7-25-46(40)57-51(38)42)43-30-33(26-27-44(43)55-49)32-14-8-15-34(28-32)37-20-10-22-41-39-18-4-6-24-45(39)56-50(37)41/h1-30H. The lowest BCUT2D eigenvalue weighted by Gasteiger charge is -2.09. The van der Waals surface area contributed by atoms with Gasteiger partial charge in [0.2, 0.25) is 0 Å². The summed E-state index contributed by atoms with van der Waals surface area (Å²) in [5, 5.41) is 6.15. The molecular formula is C52H30N2OS2. The molecule has 12 aromatic rings. The van der Waals surface area contributed by atoms with Crippen LogP contribution in [0.2, 0.25) is 0 Å². The smallest absolute Gasteiger partial charge is 0.180 e. The monoisotopic (exact) mass is 762 g/mol. The Morgan fingerprint density at radius 3 is 1.58 bits per heavy atom. The highest BCUT2D eigenvalue weighted by Gasteiger charge is 2.20. The highest BCUT2D eigenvalue weighted by Crippen LogP contribution is 2.43. The predicted molar refractivity (Wildman–Crippen MR) is 242 cm³/mol. The highest BCUT2D eigenvalue weighted by atomic mass is 32.1. The molecule has 5 heteroatoms. The summed E-state index contributed by atoms with van der Waals surface area (Å²) in [5.41, 5.74) is 12.1. The van der Waals surface area contributed by atoms with Gasteiger partial charge in [0.15, 0.2) is 11.4 Å². The molecule has 4 aromatic heterocycles. The Hall–Kier alpha value is -6.92. The Labute approximate surface area is 335 Å². The normalized spacial score (nSPS) is 11.9. The second kappa shape index (κ2) is 12.8. The summed E-state index contributed by atoms with van der Waals surface area (Å²) in [5.74, 6) is 0.665. The fraction of sp³-hybridized carbons (Fsp3) is 0. The Morgan fingerprint density at radius 1 is 0.368 bits per heavy atom. The van der Waals surface area contributed by atoms with Crippen molar-refractivity contribution in [3.63, 3.8) is 0 Å². The van der Waals surface area contributed by atoms with Crippen LogP contribution in [0.1, 0.15) is 0 Å². The van der Waals surface area contributed by atoms with Crippen molar-refractivity contribution < 1.29 is 4.42 Å². The zero-order valence-corrected chi connectivity index (χ0v) is 32.1. The van der Waals surface area contributed by atoms with Crippen LogP contribution < -0.4 is 0 Å². The van der Waals surface area contributed by atoms with Crippen molar-refractivity contribution in [1.82, 2.24) is 9.97 Å². The van der Waals surface area contributed by atoms with E-state index in [1.165, 1.54) is 57.0 Å². The molecule has 0 saturated carbocycles. The van der Waals surface area contributed by atoms with Gasteiger partial charge in [0.25, 0.3) is 0 Å². The minimum Gasteiger partial charge on any atom is -0.452 e. The Kier molecular flexibility index (Phi) is 7.27. The fourth-order valence-corrected chi connectivity index (χ4v) is 10.9. The molecular weight excluding hydrogens is 733 g/mol. The summed E-state index contributed by atoms with van der Waals surface area (Å²) in [7, 11) is 0. The third kappa shape index (κ3) is 5.24. The zero-order chi connectivity index (χ0) is 37.5. The third-order valence-electron chi connectivity index (χ3n) is 11.1. The number of nitrogens with zero attached hydrogens (tertiary/aromatic N) is 2. The van der Waals surface area contributed by atoms with Gasteiger partial charge in [-0.25, -0.2) is 9.97 Å². The lowest BCUT2D eigenvalue weighted by molar-refractivity contribution is 0.667. The van der Waals surface area contributed by atoms with E-state index in [1.54, 1.807) is 0 Å². The number of hydrogen-bond donors (Lipinski definition) is 0. The Bertz CT molecular complexity index is 3540. The number of furan rings is 1. The predicted octanol–water partition coefficient (Wildman–Crippen LogP) is 15.4. The number of thiophene rings is 2. The first-order chi connectivity index (χ1) is 28.2. The second-order valence-corrected chi connectivity index (χ2v) is 16.6. The molecule has 4 heterocycles. The number of fused-ring (bicyclic) bond motifs is 9. The maximum Gasteiger partial charge on any atom is 0.180 e. The summed E-state index contributed by atoms with van der Waals surface area (Å²) in [6.07, 6.45) is 0. The molecule has 12 rings (SSSR count). The molecule has 0 aliphatic heterocycles. The molecule has 0 radical (unpaired) electrons. The van der Waals surface area contributed by atoms with Crippen LogP contribution >= 0.6 is 22.7 Å². The molecule has 0 N–H and O–H groups in total. The van der Waals surface area contributed by atoms with Crippen LogP contribution in [0.15, 0.2) is 186 Å². The molecule has 0 bridgehead atoms. The van der Waals surface area contributed by atoms with Gasteiger partial charge in [0.05, 0.1) is 0 Å². The van der Waals surface area contributed by atoms with Gasteiger partial charge in [-0.3, -0.25) is 0 Å². The molecule has 57 heavy (non-hydrogen) atoms. The summed E-state index contributed by atoms with van der Waals surface area (Å²) >= 11 is 3.71. The van der Waals surface area contributed by atoms with E-state index >= 15 is 0 Å². The molecule has 266 valence electrons. The van der Waals surface area contributed by atoms with Crippen molar-refractivity contribution >= 4 is 85.1 Å². The van der Waals surface area contributed by atoms with Gasteiger partial charge in [0.1, 0.15) is 16.8 Å². The van der Waals surface area contributed by atoms with E-state index in [0.29, 0.717) is 11.4 Å². The van der Waals surface area contributed by atoms with Gasteiger partial charge in [-0.05, 0) is 69.8 Å². The average Bonchev–Trinajstić information content (AvgIpc) is 3.98. The van der Waals surface area contributed by atoms with Gasteiger partial charge < -0.3 is 4.42 Å². The quantitative estimate of drug-likeness (QED) is 0.175. The Morgan fingerprint density at radius 2 is 0.895 bits per heavy atom. The van der Waals surface area contributed by atoms with Crippen molar-refractivity contribution in [3.05, 3.63) is 182 Å². The second-order valence-electron chi connectivity index (χ2n) is 14.5. The molecule has 0 spiro atoms. The van der Waals surface area contributed by atoms with E-state index in [-0.39, 0.29) is 0 Å². The van der Waals surface area contributed by atoms with Crippen molar-refractivity contribution in [1.29, 1.82) is 0 Å². The minimum absolute atomic E-state index is 0.665. The van der Waals surface area contributed by atoms with E-state index in [1.807, 2.05) is 40.9 Å². The number of hydrogen-bond acceptors (Lipinski definition) is 5. The molecule has 0 amide bonds. The van der Waals surface area contributed by atoms with Crippen LogP contribution in [0.25, 0.3) is 118 Å². The molecule has 0 aliphatic rings. The van der Waals surface area contributed by atoms with Crippen molar-refractivity contribution in [2.24, 2.45) is 0 Å². The lowest BCUT2D eigenvalue weighted by atomic mass is 9.97. The first kappa shape index (κ1) is 32.3. The van der Waals surface area contributed by atoms with Gasteiger partial charge >= 0.3 is 0 Å². The van der Waals surface area contributed by atoms with Crippen LogP contribution in [-0.2, 0) is 0 Å². The molecule has 8 aromatic carbocycles. The first-order valence-electron chi connectivity index (χ1n) is 19.1. The maximum atomic E-state index is 6.64. The maximum absolute atomic E-state index is 6.64. The highest BCUT2D eigenvalue weighted by molar-refractivity contribution is 7.26. The zero-order valence-electron chi connectivity index (χ0n) is 30.4. The van der Waals surface area contributed by atoms with Gasteiger partial charge in [-0.15, -0.1) is 22.7 Å². The van der Waals surface area contributed by atoms with Crippen LogP contribution in [0, 0.1) is 0 Å². The number of rotatable bonds is 5. The number of benzene rings is 8. The van der Waals surface area contributed by atoms with E-state index in [0.717, 1.165) is 50.0 Å². The topological polar surface area (TPSA) is 38.9 Å². The van der Waals surface area contributed by atoms with E-state index in [4.69, 9.17) is 14.4 Å². The van der Waals surface area contributed by atoms with Crippen LogP contribution in [-0.4, -0.2) is 9.97 Å². The largest absolute Gasteiger partial charge is 0.452 e. The van der Waals surface area contributed by atoms with Crippen molar-refractivity contribution in [2.45, 2.75) is 0 Å². The molecule has 0 fully saturated rings. The minimum atomic E-state index is 0.665. The summed E-state index contributed by atoms with van der Waals surface area (Å²) in [6, 6.07) is 64.9. The average molecular weight is 763 g/mol. The van der Waals surface area contributed by atoms with E-state index < -0.39 is 0 Å². The van der Waals surface area contributed by atoms with E-state index in [9.17, 15) is 0 Å². The summed E-state index contributed by atoms with van der Waals surface area (Å²) < 4.78 is 11.8. The van der Waals surface area contributed by atoms with Gasteiger partial charge in [-0.2, -0.15) is 0 Å². The first-order valence-corrected chi connectivity index (χ1v) is 20.7. The number of aromatic nitrogens is 2. The van der Waals surface area contributed by atoms with Crippen molar-refractivity contribution in [3.8, 4) is 56.0 Å². The molecule has 0 atom stereocenters. The van der Waals surface area contributed by atoms with Crippen LogP contribution in [0.5, 0.6) is 0 Å². The van der Waals surface area contributed by atoms with E-state index in [2.05, 4.69) is 164 Å².